The van der Waals surface area contributed by atoms with E-state index in [0.29, 0.717) is 11.8 Å². The van der Waals surface area contributed by atoms with Crippen molar-refractivity contribution in [3.05, 3.63) is 0 Å². The van der Waals surface area contributed by atoms with Crippen LogP contribution in [0.25, 0.3) is 0 Å². The molecule has 4 aliphatic carbocycles. The van der Waals surface area contributed by atoms with Crippen molar-refractivity contribution in [3.8, 4) is 0 Å². The van der Waals surface area contributed by atoms with Gasteiger partial charge in [-0.3, -0.25) is 4.79 Å². The molecule has 5 rings (SSSR count). The highest BCUT2D eigenvalue weighted by Crippen LogP contribution is 2.64. The highest BCUT2D eigenvalue weighted by Gasteiger charge is 2.59. The summed E-state index contributed by atoms with van der Waals surface area (Å²) in [7, 11) is 0. The number of amides is 1. The Morgan fingerprint density at radius 1 is 1.22 bits per heavy atom. The van der Waals surface area contributed by atoms with E-state index in [-0.39, 0.29) is 9.74 Å². The number of alkyl halides is 1. The average Bonchev–Trinajstić information content (AvgIpc) is 2.95. The molecule has 1 amide bonds. The number of carbonyl (C=O) groups excluding carboxylic acids is 1. The van der Waals surface area contributed by atoms with E-state index in [2.05, 4.69) is 33.1 Å². The summed E-state index contributed by atoms with van der Waals surface area (Å²) in [5.41, 5.74) is -0.0546. The number of hydrogen-bond acceptors (Lipinski definition) is 2. The van der Waals surface area contributed by atoms with Gasteiger partial charge in [0, 0.05) is 17.4 Å². The Morgan fingerprint density at radius 3 is 2.48 bits per heavy atom. The van der Waals surface area contributed by atoms with Gasteiger partial charge in [-0.2, -0.15) is 0 Å². The first-order chi connectivity index (χ1) is 11.0. The van der Waals surface area contributed by atoms with E-state index in [0.717, 1.165) is 44.2 Å². The number of rotatable bonds is 5. The molecule has 1 saturated heterocycles. The zero-order chi connectivity index (χ0) is 16.1. The Labute approximate surface area is 149 Å². The van der Waals surface area contributed by atoms with E-state index in [1.165, 1.54) is 45.2 Å². The molecule has 3 atom stereocenters. The van der Waals surface area contributed by atoms with Crippen LogP contribution in [0.5, 0.6) is 0 Å². The molecule has 0 aromatic rings. The number of halogens is 1. The van der Waals surface area contributed by atoms with Gasteiger partial charge in [-0.05, 0) is 82.2 Å². The van der Waals surface area contributed by atoms with Crippen LogP contribution in [0.15, 0.2) is 0 Å². The van der Waals surface area contributed by atoms with Crippen molar-refractivity contribution in [1.82, 2.24) is 10.2 Å². The summed E-state index contributed by atoms with van der Waals surface area (Å²) in [6.07, 6.45) is 10.0. The van der Waals surface area contributed by atoms with Crippen molar-refractivity contribution in [2.45, 2.75) is 62.6 Å². The average molecular weight is 383 g/mol. The fourth-order valence-electron chi connectivity index (χ4n) is 6.34. The van der Waals surface area contributed by atoms with Crippen LogP contribution < -0.4 is 5.32 Å². The molecule has 0 spiro atoms. The van der Waals surface area contributed by atoms with Crippen LogP contribution in [0.3, 0.4) is 0 Å². The van der Waals surface area contributed by atoms with Crippen molar-refractivity contribution in [3.63, 3.8) is 0 Å². The van der Waals surface area contributed by atoms with Crippen molar-refractivity contribution in [1.29, 1.82) is 0 Å². The predicted molar refractivity (Wildman–Crippen MR) is 96.6 cm³/mol. The molecular weight excluding hydrogens is 352 g/mol. The Morgan fingerprint density at radius 2 is 1.87 bits per heavy atom. The maximum atomic E-state index is 13.0. The van der Waals surface area contributed by atoms with E-state index in [1.807, 2.05) is 0 Å². The molecule has 0 unspecified atom stereocenters. The maximum absolute atomic E-state index is 13.0. The van der Waals surface area contributed by atoms with Gasteiger partial charge in [-0.1, -0.05) is 22.9 Å². The van der Waals surface area contributed by atoms with E-state index in [9.17, 15) is 4.79 Å². The lowest BCUT2D eigenvalue weighted by atomic mass is 9.49. The fourth-order valence-corrected chi connectivity index (χ4v) is 7.79. The smallest absolute Gasteiger partial charge is 0.226 e. The summed E-state index contributed by atoms with van der Waals surface area (Å²) in [5, 5.41) is 3.34. The minimum absolute atomic E-state index is 0.0546. The Bertz CT molecular complexity index is 460. The molecule has 4 saturated carbocycles. The van der Waals surface area contributed by atoms with Crippen LogP contribution in [0.2, 0.25) is 0 Å². The molecule has 0 aromatic heterocycles. The monoisotopic (exact) mass is 382 g/mol. The van der Waals surface area contributed by atoms with Crippen LogP contribution >= 0.6 is 15.9 Å². The Hall–Kier alpha value is -0.0900. The Kier molecular flexibility index (Phi) is 4.28. The maximum Gasteiger partial charge on any atom is 0.226 e. The highest BCUT2D eigenvalue weighted by molar-refractivity contribution is 9.10. The second-order valence-corrected chi connectivity index (χ2v) is 10.9. The van der Waals surface area contributed by atoms with Crippen molar-refractivity contribution < 1.29 is 4.79 Å². The van der Waals surface area contributed by atoms with E-state index in [4.69, 9.17) is 0 Å². The summed E-state index contributed by atoms with van der Waals surface area (Å²) < 4.78 is 0.273. The lowest BCUT2D eigenvalue weighted by Gasteiger charge is -2.59. The van der Waals surface area contributed by atoms with Crippen LogP contribution in [-0.2, 0) is 4.79 Å². The second kappa shape index (κ2) is 6.01. The zero-order valence-electron chi connectivity index (χ0n) is 14.5. The molecule has 130 valence electrons. The SMILES string of the molecule is C[C@H](CNC(=O)C12C[C@H]3C[C@@H](CC(Br)(C3)C1)C2)CN1CCCC1. The number of carbonyl (C=O) groups is 1. The van der Waals surface area contributed by atoms with Gasteiger partial charge in [0.25, 0.3) is 0 Å². The van der Waals surface area contributed by atoms with Gasteiger partial charge in [0.1, 0.15) is 0 Å². The molecule has 23 heavy (non-hydrogen) atoms. The van der Waals surface area contributed by atoms with Crippen molar-refractivity contribution in [2.75, 3.05) is 26.2 Å². The van der Waals surface area contributed by atoms with Gasteiger partial charge in [0.2, 0.25) is 5.91 Å². The van der Waals surface area contributed by atoms with Crippen LogP contribution in [0, 0.1) is 23.2 Å². The number of likely N-dealkylation sites (tertiary alicyclic amines) is 1. The third-order valence-electron chi connectivity index (χ3n) is 6.85. The van der Waals surface area contributed by atoms with Crippen LogP contribution in [0.1, 0.15) is 58.3 Å². The quantitative estimate of drug-likeness (QED) is 0.737. The molecule has 4 heteroatoms. The Balaban J connectivity index is 1.33. The minimum Gasteiger partial charge on any atom is -0.355 e. The predicted octanol–water partition coefficient (Wildman–Crippen LogP) is 3.57. The zero-order valence-corrected chi connectivity index (χ0v) is 16.0. The minimum atomic E-state index is -0.0546. The molecule has 0 radical (unpaired) electrons. The van der Waals surface area contributed by atoms with E-state index < -0.39 is 0 Å². The highest BCUT2D eigenvalue weighted by atomic mass is 79.9. The third-order valence-corrected chi connectivity index (χ3v) is 7.78. The molecule has 1 aliphatic heterocycles. The summed E-state index contributed by atoms with van der Waals surface area (Å²) in [6, 6.07) is 0. The molecule has 5 fully saturated rings. The van der Waals surface area contributed by atoms with E-state index in [1.54, 1.807) is 0 Å². The molecule has 0 aromatic carbocycles. The first-order valence-electron chi connectivity index (χ1n) is 9.66. The standard InChI is InChI=1S/C19H31BrN2O/c1-14(12-22-4-2-3-5-22)11-21-17(23)18-7-15-6-16(8-18)10-19(20,9-15)13-18/h14-16H,2-13H2,1H3,(H,21,23)/t14-,15-,16-,18?,19?/m1/s1. The lowest BCUT2D eigenvalue weighted by Crippen LogP contribution is -2.58. The summed E-state index contributed by atoms with van der Waals surface area (Å²) >= 11 is 4.01. The van der Waals surface area contributed by atoms with Crippen LogP contribution in [-0.4, -0.2) is 41.3 Å². The molecule has 3 nitrogen and oxygen atoms in total. The number of nitrogens with one attached hydrogen (secondary N) is 1. The lowest BCUT2D eigenvalue weighted by molar-refractivity contribution is -0.144. The normalized spacial score (nSPS) is 43.7. The van der Waals surface area contributed by atoms with Gasteiger partial charge < -0.3 is 10.2 Å². The molecule has 1 N–H and O–H groups in total. The fraction of sp³-hybridized carbons (Fsp3) is 0.947. The van der Waals surface area contributed by atoms with E-state index >= 15 is 0 Å². The third kappa shape index (κ3) is 3.22. The number of nitrogens with zero attached hydrogens (tertiary/aromatic N) is 1. The van der Waals surface area contributed by atoms with Crippen molar-refractivity contribution in [2.24, 2.45) is 23.2 Å². The molecular formula is C19H31BrN2O. The van der Waals surface area contributed by atoms with Gasteiger partial charge >= 0.3 is 0 Å². The molecule has 1 heterocycles. The first-order valence-corrected chi connectivity index (χ1v) is 10.5. The summed E-state index contributed by atoms with van der Waals surface area (Å²) in [6.45, 7) is 6.77. The van der Waals surface area contributed by atoms with Gasteiger partial charge in [-0.25, -0.2) is 0 Å². The second-order valence-electron chi connectivity index (χ2n) is 9.22. The topological polar surface area (TPSA) is 32.3 Å². The molecule has 5 aliphatic rings. The van der Waals surface area contributed by atoms with Gasteiger partial charge in [0.05, 0.1) is 5.41 Å². The molecule has 4 bridgehead atoms. The largest absolute Gasteiger partial charge is 0.355 e. The van der Waals surface area contributed by atoms with Crippen molar-refractivity contribution >= 4 is 21.8 Å². The van der Waals surface area contributed by atoms with Gasteiger partial charge in [0.15, 0.2) is 0 Å². The van der Waals surface area contributed by atoms with Gasteiger partial charge in [-0.15, -0.1) is 0 Å². The summed E-state index contributed by atoms with van der Waals surface area (Å²) in [4.78, 5) is 15.6. The summed E-state index contributed by atoms with van der Waals surface area (Å²) in [5.74, 6) is 2.49. The number of hydrogen-bond donors (Lipinski definition) is 1. The first kappa shape index (κ1) is 16.4. The van der Waals surface area contributed by atoms with Crippen LogP contribution in [0.4, 0.5) is 0 Å².